The Morgan fingerprint density at radius 1 is 0.612 bits per heavy atom. The highest BCUT2D eigenvalue weighted by molar-refractivity contribution is 15.0. The van der Waals surface area contributed by atoms with Crippen molar-refractivity contribution in [1.82, 2.24) is 31.3 Å². The predicted molar refractivity (Wildman–Crippen MR) is 258 cm³/mol. The molecule has 67 heavy (non-hydrogen) atoms. The number of aldehydes is 2. The Hall–Kier alpha value is -4.84. The van der Waals surface area contributed by atoms with E-state index in [-0.39, 0.29) is 49.4 Å². The molecule has 0 heterocycles. The van der Waals surface area contributed by atoms with E-state index in [2.05, 4.69) is 63.8 Å². The number of amides is 5. The minimum atomic E-state index is -4.63. The van der Waals surface area contributed by atoms with E-state index in [1.54, 1.807) is 13.8 Å². The van der Waals surface area contributed by atoms with Gasteiger partial charge in [0.25, 0.3) is 0 Å². The summed E-state index contributed by atoms with van der Waals surface area (Å²) in [7, 11) is -4.63. The number of aliphatic carboxylic acids is 4. The first-order valence-electron chi connectivity index (χ1n) is 19.1. The zero-order valence-electron chi connectivity index (χ0n) is 36.2. The molecule has 30 heteroatoms. The van der Waals surface area contributed by atoms with Gasteiger partial charge in [0, 0.05) is 57.0 Å². The van der Waals surface area contributed by atoms with Crippen molar-refractivity contribution in [3.05, 3.63) is 23.8 Å². The maximum atomic E-state index is 12.9. The lowest BCUT2D eigenvalue weighted by Crippen LogP contribution is -2.57. The first-order chi connectivity index (χ1) is 30.6. The number of halogens is 3. The second-order valence-corrected chi connectivity index (χ2v) is 16.1. The van der Waals surface area contributed by atoms with Gasteiger partial charge in [-0.25, -0.2) is 13.2 Å². The van der Waals surface area contributed by atoms with E-state index in [0.29, 0.717) is 6.07 Å². The van der Waals surface area contributed by atoms with E-state index >= 15 is 0 Å². The number of hydrogen-bond donors (Lipinski definition) is 12. The van der Waals surface area contributed by atoms with Crippen LogP contribution in [0.5, 0.6) is 5.75 Å². The van der Waals surface area contributed by atoms with Crippen LogP contribution in [-0.4, -0.2) is 147 Å². The van der Waals surface area contributed by atoms with Crippen molar-refractivity contribution in [2.75, 3.05) is 0 Å². The molecule has 1 rings (SSSR count). The Balaban J connectivity index is -0.00000122. The third kappa shape index (κ3) is 26.9. The third-order valence-corrected chi connectivity index (χ3v) is 9.85. The third-order valence-electron chi connectivity index (χ3n) is 8.38. The van der Waals surface area contributed by atoms with Gasteiger partial charge in [0.1, 0.15) is 48.1 Å². The molecule has 0 unspecified atom stereocenters. The van der Waals surface area contributed by atoms with E-state index in [4.69, 9.17) is 25.5 Å². The average molecular weight is 1310 g/mol. The maximum Gasteiger partial charge on any atom is 0.339 e. The van der Waals surface area contributed by atoms with E-state index in [1.807, 2.05) is 4.72 Å². The lowest BCUT2D eigenvalue weighted by atomic mass is 10.0. The van der Waals surface area contributed by atoms with Gasteiger partial charge in [-0.3, -0.25) is 43.2 Å². The number of phenols is 1. The number of benzene rings is 1. The number of carboxylic acid groups (broad SMARTS) is 5. The van der Waals surface area contributed by atoms with Crippen LogP contribution in [0.2, 0.25) is 0 Å². The summed E-state index contributed by atoms with van der Waals surface area (Å²) in [5.41, 5.74) is -0.739. The second kappa shape index (κ2) is 33.6. The molecule has 0 spiro atoms. The molecule has 5 amide bonds. The molecule has 0 aliphatic rings. The largest absolute Gasteiger partial charge is 0.507 e. The quantitative estimate of drug-likeness (QED) is 0.0406. The van der Waals surface area contributed by atoms with Gasteiger partial charge in [0.15, 0.2) is 0 Å². The number of carbonyl (C=O) groups excluding carboxylic acids is 7. The van der Waals surface area contributed by atoms with Gasteiger partial charge >= 0.3 is 29.8 Å². The molecule has 378 valence electrons. The summed E-state index contributed by atoms with van der Waals surface area (Å²) in [5, 5.41) is 65.4. The summed E-state index contributed by atoms with van der Waals surface area (Å²) in [6, 6.07) is -5.73. The van der Waals surface area contributed by atoms with E-state index in [9.17, 15) is 71.1 Å². The fourth-order valence-corrected chi connectivity index (χ4v) is 6.42. The fraction of sp³-hybridized carbons (Fsp3) is 0.514. The number of aromatic hydroxyl groups is 1. The Morgan fingerprint density at radius 2 is 1.00 bits per heavy atom. The number of aromatic carboxylic acids is 1. The Labute approximate surface area is 423 Å². The van der Waals surface area contributed by atoms with Gasteiger partial charge < -0.3 is 66.8 Å². The van der Waals surface area contributed by atoms with Crippen LogP contribution >= 0.6 is 61.2 Å². The molecular formula is C37H53I3N6O20S. The molecule has 26 nitrogen and oxygen atoms in total. The number of nitrogens with one attached hydrogen (secondary N) is 6. The van der Waals surface area contributed by atoms with Crippen molar-refractivity contribution in [3.8, 4) is 5.75 Å². The topological polar surface area (TPSA) is 433 Å². The predicted octanol–water partition coefficient (Wildman–Crippen LogP) is -0.0542. The van der Waals surface area contributed by atoms with E-state index in [1.165, 1.54) is 13.8 Å². The fourth-order valence-electron chi connectivity index (χ4n) is 5.17. The van der Waals surface area contributed by atoms with Crippen LogP contribution in [0.4, 0.5) is 0 Å². The maximum absolute atomic E-state index is 12.9. The van der Waals surface area contributed by atoms with Crippen LogP contribution < -0.4 is 31.3 Å². The molecular weight excluding hydrogens is 1260 g/mol. The minimum Gasteiger partial charge on any atom is -0.507 e. The SMILES string of the molecule is CC(=O)N[C@@H](CCC(=O)O)C(=O)N[C@H](C(=O)N[C@H](C=O)CC(=O)O)C(C)C.CC(C)[C@H](NC(=O)[C@H](CCC(=O)O)NS(=O)(=O)c1ccc(O)c(C(=O)O)c1)C(=O)N[C@H](C=O)CC(=O)O.I.II. The van der Waals surface area contributed by atoms with Gasteiger partial charge in [-0.1, -0.05) is 27.7 Å². The first-order valence-corrected chi connectivity index (χ1v) is 26.8. The summed E-state index contributed by atoms with van der Waals surface area (Å²) in [6.07, 6.45) is -2.64. The lowest BCUT2D eigenvalue weighted by molar-refractivity contribution is -0.140. The van der Waals surface area contributed by atoms with Gasteiger partial charge in [0.05, 0.1) is 29.8 Å². The zero-order valence-corrected chi connectivity index (χ0v) is 43.7. The minimum absolute atomic E-state index is 0. The van der Waals surface area contributed by atoms with Crippen molar-refractivity contribution >= 4 is 143 Å². The molecule has 0 aromatic heterocycles. The van der Waals surface area contributed by atoms with Crippen LogP contribution in [0.25, 0.3) is 0 Å². The number of rotatable bonds is 27. The standard InChI is InChI=1S/C21H27N3O12S.C16H25N3O8.I2.HI/c1-10(2)18(20(32)22-11(9-25)7-17(29)30)23-19(31)14(4-6-16(27)28)24-37(35,36)12-3-5-15(26)13(8-12)21(33)34;1-8(2)14(16(27)18-10(7-20)6-13(24)25)19-15(26)11(17-9(3)21)4-5-12(22)23;1-2;/h3,5,8-11,14,18,24,26H,4,6-7H2,1-2H3,(H,22,32)(H,23,31)(H,27,28)(H,29,30)(H,33,34);7-8,10-11,14H,4-6H2,1-3H3,(H,17,21)(H,18,27)(H,19,26)(H,22,23)(H,24,25);;1H/t11-,14-,18-;10-,11-,14-;;/m00../s1. The number of sulfonamides is 1. The summed E-state index contributed by atoms with van der Waals surface area (Å²) < 4.78 is 27.6. The smallest absolute Gasteiger partial charge is 0.339 e. The summed E-state index contributed by atoms with van der Waals surface area (Å²) in [6.45, 7) is 7.38. The normalized spacial score (nSPS) is 13.2. The molecule has 12 N–H and O–H groups in total. The van der Waals surface area contributed by atoms with Crippen molar-refractivity contribution in [1.29, 1.82) is 0 Å². The molecule has 1 aromatic carbocycles. The Kier molecular flexibility index (Phi) is 33.3. The lowest BCUT2D eigenvalue weighted by Gasteiger charge is -2.26. The van der Waals surface area contributed by atoms with Gasteiger partial charge in [0.2, 0.25) is 39.6 Å². The Morgan fingerprint density at radius 3 is 1.33 bits per heavy atom. The molecule has 0 aliphatic heterocycles. The monoisotopic (exact) mass is 1310 g/mol. The van der Waals surface area contributed by atoms with Crippen LogP contribution in [0.1, 0.15) is 83.5 Å². The number of hydrogen-bond acceptors (Lipinski definition) is 15. The van der Waals surface area contributed by atoms with Crippen LogP contribution in [0.15, 0.2) is 23.1 Å². The summed E-state index contributed by atoms with van der Waals surface area (Å²) >= 11 is 4.24. The molecule has 6 atom stereocenters. The number of carbonyl (C=O) groups is 12. The molecule has 1 aromatic rings. The van der Waals surface area contributed by atoms with Crippen molar-refractivity contribution < 1.29 is 96.6 Å². The van der Waals surface area contributed by atoms with Crippen LogP contribution in [0.3, 0.4) is 0 Å². The van der Waals surface area contributed by atoms with Crippen molar-refractivity contribution in [3.63, 3.8) is 0 Å². The molecule has 0 saturated carbocycles. The first kappa shape index (κ1) is 66.4. The Bertz CT molecular complexity index is 2040. The van der Waals surface area contributed by atoms with Gasteiger partial charge in [-0.2, -0.15) is 4.72 Å². The number of carboxylic acids is 5. The average Bonchev–Trinajstić information content (AvgIpc) is 3.21. The highest BCUT2D eigenvalue weighted by Crippen LogP contribution is 2.22. The van der Waals surface area contributed by atoms with Crippen molar-refractivity contribution in [2.45, 2.75) is 114 Å². The molecule has 0 radical (unpaired) electrons. The van der Waals surface area contributed by atoms with Gasteiger partial charge in [-0.05, 0) is 42.9 Å². The zero-order chi connectivity index (χ0) is 51.6. The second-order valence-electron chi connectivity index (χ2n) is 14.4. The highest BCUT2D eigenvalue weighted by atomic mass is 128. The van der Waals surface area contributed by atoms with E-state index < -0.39 is 159 Å². The van der Waals surface area contributed by atoms with Gasteiger partial charge in [-0.15, -0.1) is 24.0 Å². The van der Waals surface area contributed by atoms with Crippen molar-refractivity contribution in [2.24, 2.45) is 11.8 Å². The van der Waals surface area contributed by atoms with E-state index in [0.717, 1.165) is 19.1 Å². The molecule has 0 aliphatic carbocycles. The molecule has 0 saturated heterocycles. The molecule has 0 bridgehead atoms. The highest BCUT2D eigenvalue weighted by Gasteiger charge is 2.33. The summed E-state index contributed by atoms with van der Waals surface area (Å²) in [4.78, 5) is 137. The van der Waals surface area contributed by atoms with Crippen LogP contribution in [-0.2, 0) is 62.8 Å². The van der Waals surface area contributed by atoms with Crippen LogP contribution in [0, 0.1) is 11.8 Å². The summed E-state index contributed by atoms with van der Waals surface area (Å²) in [5.74, 6) is -12.7. The molecule has 0 fully saturated rings.